The van der Waals surface area contributed by atoms with Crippen LogP contribution < -0.4 is 10.1 Å². The molecule has 1 aromatic rings. The van der Waals surface area contributed by atoms with Gasteiger partial charge in [-0.1, -0.05) is 0 Å². The van der Waals surface area contributed by atoms with Crippen LogP contribution in [0.1, 0.15) is 26.7 Å². The molecule has 1 N–H and O–H groups in total. The maximum atomic E-state index is 5.72. The first-order chi connectivity index (χ1) is 8.25. The van der Waals surface area contributed by atoms with E-state index in [0.717, 1.165) is 37.6 Å². The summed E-state index contributed by atoms with van der Waals surface area (Å²) in [6, 6.07) is 4.17. The predicted octanol–water partition coefficient (Wildman–Crippen LogP) is 2.46. The minimum absolute atomic E-state index is 0.155. The zero-order chi connectivity index (χ0) is 12.1. The quantitative estimate of drug-likeness (QED) is 0.872. The standard InChI is InChI=1S/C13H20N2O2/c1-10(2)17-12-6-3-7-14-13(12)15-11-5-4-8-16-9-11/h3,6-7,10-11H,4-5,8-9H2,1-2H3,(H,14,15). The van der Waals surface area contributed by atoms with Crippen molar-refractivity contribution < 1.29 is 9.47 Å². The number of ether oxygens (including phenoxy) is 2. The minimum Gasteiger partial charge on any atom is -0.487 e. The van der Waals surface area contributed by atoms with Crippen LogP contribution in [0.25, 0.3) is 0 Å². The van der Waals surface area contributed by atoms with E-state index in [-0.39, 0.29) is 6.10 Å². The van der Waals surface area contributed by atoms with Crippen molar-refractivity contribution in [3.05, 3.63) is 18.3 Å². The van der Waals surface area contributed by atoms with E-state index in [1.54, 1.807) is 6.20 Å². The molecule has 1 aliphatic heterocycles. The molecule has 1 fully saturated rings. The average Bonchev–Trinajstić information content (AvgIpc) is 2.32. The molecular formula is C13H20N2O2. The number of rotatable bonds is 4. The molecule has 17 heavy (non-hydrogen) atoms. The third-order valence-electron chi connectivity index (χ3n) is 2.63. The monoisotopic (exact) mass is 236 g/mol. The fourth-order valence-corrected chi connectivity index (χ4v) is 1.90. The van der Waals surface area contributed by atoms with Crippen LogP contribution in [0.5, 0.6) is 5.75 Å². The lowest BCUT2D eigenvalue weighted by Crippen LogP contribution is -2.30. The highest BCUT2D eigenvalue weighted by Gasteiger charge is 2.16. The van der Waals surface area contributed by atoms with Gasteiger partial charge in [-0.25, -0.2) is 4.98 Å². The van der Waals surface area contributed by atoms with Crippen LogP contribution in [0.15, 0.2) is 18.3 Å². The van der Waals surface area contributed by atoms with Crippen LogP contribution >= 0.6 is 0 Å². The molecule has 1 unspecified atom stereocenters. The molecule has 1 aliphatic rings. The van der Waals surface area contributed by atoms with Crippen molar-refractivity contribution in [1.29, 1.82) is 0 Å². The van der Waals surface area contributed by atoms with Gasteiger partial charge in [-0.05, 0) is 38.8 Å². The molecule has 0 radical (unpaired) electrons. The zero-order valence-electron chi connectivity index (χ0n) is 10.5. The van der Waals surface area contributed by atoms with Gasteiger partial charge in [0, 0.05) is 12.8 Å². The molecule has 2 rings (SSSR count). The van der Waals surface area contributed by atoms with E-state index in [2.05, 4.69) is 10.3 Å². The summed E-state index contributed by atoms with van der Waals surface area (Å²) in [5.41, 5.74) is 0. The van der Waals surface area contributed by atoms with Crippen LogP contribution in [0, 0.1) is 0 Å². The number of hydrogen-bond acceptors (Lipinski definition) is 4. The van der Waals surface area contributed by atoms with Crippen molar-refractivity contribution in [2.24, 2.45) is 0 Å². The Morgan fingerprint density at radius 1 is 1.53 bits per heavy atom. The maximum absolute atomic E-state index is 5.72. The number of nitrogens with one attached hydrogen (secondary N) is 1. The molecule has 1 atom stereocenters. The number of pyridine rings is 1. The topological polar surface area (TPSA) is 43.4 Å². The van der Waals surface area contributed by atoms with Crippen molar-refractivity contribution >= 4 is 5.82 Å². The third-order valence-corrected chi connectivity index (χ3v) is 2.63. The molecule has 1 aromatic heterocycles. The molecule has 4 nitrogen and oxygen atoms in total. The normalized spacial score (nSPS) is 20.3. The summed E-state index contributed by atoms with van der Waals surface area (Å²) >= 11 is 0. The lowest BCUT2D eigenvalue weighted by molar-refractivity contribution is 0.0873. The molecule has 0 aliphatic carbocycles. The third kappa shape index (κ3) is 3.60. The van der Waals surface area contributed by atoms with Crippen molar-refractivity contribution in [3.63, 3.8) is 0 Å². The molecule has 1 saturated heterocycles. The van der Waals surface area contributed by atoms with Crippen molar-refractivity contribution in [2.45, 2.75) is 38.8 Å². The molecule has 94 valence electrons. The van der Waals surface area contributed by atoms with Crippen LogP contribution in [-0.4, -0.2) is 30.3 Å². The lowest BCUT2D eigenvalue weighted by atomic mass is 10.1. The van der Waals surface area contributed by atoms with E-state index in [4.69, 9.17) is 9.47 Å². The Hall–Kier alpha value is -1.29. The number of anilines is 1. The molecule has 0 bridgehead atoms. The first-order valence-electron chi connectivity index (χ1n) is 6.21. The Kier molecular flexibility index (Phi) is 4.20. The van der Waals surface area contributed by atoms with Crippen molar-refractivity contribution in [3.8, 4) is 5.75 Å². The van der Waals surface area contributed by atoms with Crippen molar-refractivity contribution in [2.75, 3.05) is 18.5 Å². The van der Waals surface area contributed by atoms with Gasteiger partial charge in [0.2, 0.25) is 0 Å². The Morgan fingerprint density at radius 3 is 3.12 bits per heavy atom. The van der Waals surface area contributed by atoms with E-state index < -0.39 is 0 Å². The van der Waals surface area contributed by atoms with Gasteiger partial charge < -0.3 is 14.8 Å². The molecule has 0 spiro atoms. The zero-order valence-corrected chi connectivity index (χ0v) is 10.5. The van der Waals surface area contributed by atoms with E-state index in [0.29, 0.717) is 6.04 Å². The molecule has 2 heterocycles. The summed E-state index contributed by atoms with van der Waals surface area (Å²) in [4.78, 5) is 4.33. The minimum atomic E-state index is 0.155. The smallest absolute Gasteiger partial charge is 0.169 e. The summed E-state index contributed by atoms with van der Waals surface area (Å²) < 4.78 is 11.2. The molecular weight excluding hydrogens is 216 g/mol. The molecule has 0 amide bonds. The van der Waals surface area contributed by atoms with E-state index in [9.17, 15) is 0 Å². The Balaban J connectivity index is 2.03. The van der Waals surface area contributed by atoms with Crippen LogP contribution in [0.3, 0.4) is 0 Å². The van der Waals surface area contributed by atoms with E-state index in [1.165, 1.54) is 0 Å². The Bertz CT molecular complexity index is 349. The molecule has 4 heteroatoms. The van der Waals surface area contributed by atoms with Crippen LogP contribution in [0.2, 0.25) is 0 Å². The van der Waals surface area contributed by atoms with E-state index in [1.807, 2.05) is 26.0 Å². The van der Waals surface area contributed by atoms with Gasteiger partial charge in [0.05, 0.1) is 18.8 Å². The number of nitrogens with zero attached hydrogens (tertiary/aromatic N) is 1. The van der Waals surface area contributed by atoms with Crippen LogP contribution in [0.4, 0.5) is 5.82 Å². The SMILES string of the molecule is CC(C)Oc1cccnc1NC1CCCOC1. The highest BCUT2D eigenvalue weighted by Crippen LogP contribution is 2.24. The summed E-state index contributed by atoms with van der Waals surface area (Å²) in [7, 11) is 0. The number of hydrogen-bond donors (Lipinski definition) is 1. The van der Waals surface area contributed by atoms with Gasteiger partial charge in [0.25, 0.3) is 0 Å². The average molecular weight is 236 g/mol. The molecule has 0 saturated carbocycles. The lowest BCUT2D eigenvalue weighted by Gasteiger charge is -2.24. The van der Waals surface area contributed by atoms with Gasteiger partial charge in [0.1, 0.15) is 0 Å². The molecule has 0 aromatic carbocycles. The predicted molar refractivity (Wildman–Crippen MR) is 67.5 cm³/mol. The summed E-state index contributed by atoms with van der Waals surface area (Å²) in [5, 5.41) is 3.39. The van der Waals surface area contributed by atoms with E-state index >= 15 is 0 Å². The first kappa shape index (κ1) is 12.2. The summed E-state index contributed by atoms with van der Waals surface area (Å²) in [5.74, 6) is 1.63. The largest absolute Gasteiger partial charge is 0.487 e. The number of aromatic nitrogens is 1. The summed E-state index contributed by atoms with van der Waals surface area (Å²) in [6.45, 7) is 5.65. The second-order valence-corrected chi connectivity index (χ2v) is 4.58. The highest BCUT2D eigenvalue weighted by atomic mass is 16.5. The Labute approximate surface area is 102 Å². The van der Waals surface area contributed by atoms with Crippen molar-refractivity contribution in [1.82, 2.24) is 4.98 Å². The first-order valence-corrected chi connectivity index (χ1v) is 6.21. The van der Waals surface area contributed by atoms with Crippen LogP contribution in [-0.2, 0) is 4.74 Å². The van der Waals surface area contributed by atoms with Gasteiger partial charge in [0.15, 0.2) is 11.6 Å². The second kappa shape index (κ2) is 5.87. The maximum Gasteiger partial charge on any atom is 0.169 e. The van der Waals surface area contributed by atoms with Gasteiger partial charge in [-0.3, -0.25) is 0 Å². The fraction of sp³-hybridized carbons (Fsp3) is 0.615. The fourth-order valence-electron chi connectivity index (χ4n) is 1.90. The van der Waals surface area contributed by atoms with Gasteiger partial charge in [-0.2, -0.15) is 0 Å². The second-order valence-electron chi connectivity index (χ2n) is 4.58. The summed E-state index contributed by atoms with van der Waals surface area (Å²) in [6.07, 6.45) is 4.16. The van der Waals surface area contributed by atoms with Gasteiger partial charge in [-0.15, -0.1) is 0 Å². The van der Waals surface area contributed by atoms with Gasteiger partial charge >= 0.3 is 0 Å². The highest BCUT2D eigenvalue weighted by molar-refractivity contribution is 5.50. The Morgan fingerprint density at radius 2 is 2.41 bits per heavy atom.